The first-order valence-corrected chi connectivity index (χ1v) is 18.0. The minimum Gasteiger partial charge on any atom is -0.455 e. The van der Waals surface area contributed by atoms with Crippen molar-refractivity contribution in [1.82, 2.24) is 0 Å². The van der Waals surface area contributed by atoms with E-state index >= 15 is 0 Å². The van der Waals surface area contributed by atoms with Gasteiger partial charge < -0.3 is 4.42 Å². The molecule has 0 spiro atoms. The predicted octanol–water partition coefficient (Wildman–Crippen LogP) is 13.4. The van der Waals surface area contributed by atoms with E-state index < -0.39 is 5.41 Å². The zero-order chi connectivity index (χ0) is 33.6. The van der Waals surface area contributed by atoms with Crippen LogP contribution in [-0.4, -0.2) is 0 Å². The van der Waals surface area contributed by atoms with Gasteiger partial charge in [-0.25, -0.2) is 0 Å². The molecule has 0 amide bonds. The Morgan fingerprint density at radius 3 is 2.08 bits per heavy atom. The van der Waals surface area contributed by atoms with Crippen molar-refractivity contribution in [3.8, 4) is 11.1 Å². The zero-order valence-electron chi connectivity index (χ0n) is 29.0. The van der Waals surface area contributed by atoms with Gasteiger partial charge in [0.2, 0.25) is 0 Å². The van der Waals surface area contributed by atoms with Crippen molar-refractivity contribution < 1.29 is 4.42 Å². The molecule has 2 heteroatoms. The Morgan fingerprint density at radius 1 is 0.708 bits per heavy atom. The zero-order valence-corrected chi connectivity index (χ0v) is 30.6. The van der Waals surface area contributed by atoms with Gasteiger partial charge in [0.05, 0.1) is 5.41 Å². The highest BCUT2D eigenvalue weighted by Crippen LogP contribution is 2.63. The van der Waals surface area contributed by atoms with E-state index in [1.165, 1.54) is 43.4 Å². The van der Waals surface area contributed by atoms with E-state index in [2.05, 4.69) is 180 Å². The summed E-state index contributed by atoms with van der Waals surface area (Å²) in [6.45, 7) is 16.5. The lowest BCUT2D eigenvalue weighted by Crippen LogP contribution is -2.36. The summed E-state index contributed by atoms with van der Waals surface area (Å²) in [5.41, 5.74) is 13.1. The van der Waals surface area contributed by atoms with Crippen LogP contribution in [0.25, 0.3) is 38.6 Å². The van der Waals surface area contributed by atoms with Crippen molar-refractivity contribution in [1.29, 1.82) is 0 Å². The number of rotatable bonds is 3. The Morgan fingerprint density at radius 2 is 1.38 bits per heavy atom. The summed E-state index contributed by atoms with van der Waals surface area (Å²) in [5, 5.41) is 2.31. The highest BCUT2D eigenvalue weighted by molar-refractivity contribution is 9.10. The van der Waals surface area contributed by atoms with Gasteiger partial charge in [-0.1, -0.05) is 174 Å². The average molecular weight is 692 g/mol. The minimum atomic E-state index is -0.483. The largest absolute Gasteiger partial charge is 0.455 e. The summed E-state index contributed by atoms with van der Waals surface area (Å²) in [6, 6.07) is 40.2. The third kappa shape index (κ3) is 4.48. The van der Waals surface area contributed by atoms with Gasteiger partial charge >= 0.3 is 0 Å². The molecule has 0 N–H and O–H groups in total. The fourth-order valence-corrected chi connectivity index (χ4v) is 8.73. The number of fused-ring (bicyclic) bond motifs is 6. The lowest BCUT2D eigenvalue weighted by Gasteiger charge is -2.44. The number of benzene rings is 5. The number of halogens is 1. The molecule has 2 aliphatic carbocycles. The second-order valence-corrected chi connectivity index (χ2v) is 17.0. The molecule has 240 valence electrons. The van der Waals surface area contributed by atoms with Crippen molar-refractivity contribution in [3.05, 3.63) is 159 Å². The first-order valence-electron chi connectivity index (χ1n) is 17.2. The Hall–Kier alpha value is -4.14. The molecule has 2 atom stereocenters. The Kier molecular flexibility index (Phi) is 6.93. The standard InChI is InChI=1S/C46H43BrO/c1-43(2,3)32-26-37-41(39(47)27-32)36-24-25-45(7,44(4,5)6)28-38(36)46(37,30-14-9-8-10-15-30)31-22-20-29(21-23-31)33-17-13-18-35-34-16-11-12-19-40(34)48-42(33)35/h8-24,26-28H,25H2,1-7H3. The second kappa shape index (κ2) is 10.7. The molecule has 0 fully saturated rings. The lowest BCUT2D eigenvalue weighted by molar-refractivity contribution is 0.169. The van der Waals surface area contributed by atoms with E-state index in [1.807, 2.05) is 6.07 Å². The van der Waals surface area contributed by atoms with Crippen molar-refractivity contribution in [2.24, 2.45) is 10.8 Å². The molecule has 0 saturated carbocycles. The van der Waals surface area contributed by atoms with Crippen LogP contribution >= 0.6 is 15.9 Å². The van der Waals surface area contributed by atoms with Gasteiger partial charge in [-0.3, -0.25) is 0 Å². The van der Waals surface area contributed by atoms with Crippen LogP contribution in [0.15, 0.2) is 136 Å². The third-order valence-corrected chi connectivity index (χ3v) is 12.1. The van der Waals surface area contributed by atoms with E-state index in [-0.39, 0.29) is 16.2 Å². The molecule has 0 radical (unpaired) electrons. The SMILES string of the molecule is CC(C)(C)c1cc(Br)c2c(c1)C(c1ccccc1)(c1ccc(-c3cccc4c3oc3ccccc34)cc1)C1=CC(C)(C(C)(C)C)CC=C12. The Labute approximate surface area is 293 Å². The van der Waals surface area contributed by atoms with Gasteiger partial charge in [0, 0.05) is 26.4 Å². The van der Waals surface area contributed by atoms with E-state index in [4.69, 9.17) is 4.42 Å². The first-order chi connectivity index (χ1) is 22.8. The predicted molar refractivity (Wildman–Crippen MR) is 207 cm³/mol. The molecule has 1 heterocycles. The van der Waals surface area contributed by atoms with E-state index in [0.29, 0.717) is 0 Å². The van der Waals surface area contributed by atoms with Crippen LogP contribution in [0.5, 0.6) is 0 Å². The molecule has 2 aliphatic rings. The molecule has 48 heavy (non-hydrogen) atoms. The third-order valence-electron chi connectivity index (χ3n) is 11.5. The van der Waals surface area contributed by atoms with Gasteiger partial charge in [0.15, 0.2) is 0 Å². The second-order valence-electron chi connectivity index (χ2n) is 16.2. The highest BCUT2D eigenvalue weighted by Gasteiger charge is 2.52. The van der Waals surface area contributed by atoms with Crippen molar-refractivity contribution in [3.63, 3.8) is 0 Å². The number of hydrogen-bond acceptors (Lipinski definition) is 1. The van der Waals surface area contributed by atoms with Crippen LogP contribution in [0.4, 0.5) is 0 Å². The normalized spacial score (nSPS) is 20.8. The minimum absolute atomic E-state index is 0.00838. The summed E-state index contributed by atoms with van der Waals surface area (Å²) in [5.74, 6) is 0. The maximum absolute atomic E-state index is 6.47. The van der Waals surface area contributed by atoms with Crippen LogP contribution in [-0.2, 0) is 10.8 Å². The van der Waals surface area contributed by atoms with Crippen LogP contribution in [0.2, 0.25) is 0 Å². The van der Waals surface area contributed by atoms with E-state index in [0.717, 1.165) is 39.5 Å². The van der Waals surface area contributed by atoms with Crippen LogP contribution in [0.1, 0.15) is 82.7 Å². The fraction of sp³-hybridized carbons (Fsp3) is 0.261. The monoisotopic (exact) mass is 690 g/mol. The molecule has 8 rings (SSSR count). The van der Waals surface area contributed by atoms with Gasteiger partial charge in [0.1, 0.15) is 11.2 Å². The van der Waals surface area contributed by atoms with Crippen LogP contribution in [0.3, 0.4) is 0 Å². The molecule has 6 aromatic rings. The van der Waals surface area contributed by atoms with E-state index in [9.17, 15) is 0 Å². The van der Waals surface area contributed by atoms with Crippen LogP contribution < -0.4 is 0 Å². The maximum atomic E-state index is 6.47. The summed E-state index contributed by atoms with van der Waals surface area (Å²) in [7, 11) is 0. The molecular weight excluding hydrogens is 648 g/mol. The lowest BCUT2D eigenvalue weighted by atomic mass is 9.59. The number of furan rings is 1. The van der Waals surface area contributed by atoms with Crippen molar-refractivity contribution >= 4 is 43.4 Å². The van der Waals surface area contributed by atoms with Gasteiger partial charge in [0.25, 0.3) is 0 Å². The topological polar surface area (TPSA) is 13.1 Å². The van der Waals surface area contributed by atoms with Gasteiger partial charge in [-0.2, -0.15) is 0 Å². The van der Waals surface area contributed by atoms with Crippen LogP contribution in [0, 0.1) is 10.8 Å². The van der Waals surface area contributed by atoms with E-state index in [1.54, 1.807) is 0 Å². The highest BCUT2D eigenvalue weighted by atomic mass is 79.9. The van der Waals surface area contributed by atoms with Crippen molar-refractivity contribution in [2.45, 2.75) is 65.7 Å². The fourth-order valence-electron chi connectivity index (χ4n) is 8.05. The number of allylic oxidation sites excluding steroid dienone is 4. The summed E-state index contributed by atoms with van der Waals surface area (Å²) in [6.07, 6.45) is 6.18. The summed E-state index contributed by atoms with van der Waals surface area (Å²) < 4.78 is 7.64. The smallest absolute Gasteiger partial charge is 0.143 e. The molecule has 0 aliphatic heterocycles. The average Bonchev–Trinajstić information content (AvgIpc) is 3.58. The molecule has 0 bridgehead atoms. The van der Waals surface area contributed by atoms with Gasteiger partial charge in [-0.15, -0.1) is 0 Å². The Balaban J connectivity index is 1.42. The molecule has 2 unspecified atom stereocenters. The van der Waals surface area contributed by atoms with Crippen molar-refractivity contribution in [2.75, 3.05) is 0 Å². The maximum Gasteiger partial charge on any atom is 0.143 e. The molecule has 0 saturated heterocycles. The molecular formula is C46H43BrO. The molecule has 1 aromatic heterocycles. The van der Waals surface area contributed by atoms with Gasteiger partial charge in [-0.05, 0) is 73.8 Å². The molecule has 1 nitrogen and oxygen atoms in total. The summed E-state index contributed by atoms with van der Waals surface area (Å²) >= 11 is 4.12. The molecule has 5 aromatic carbocycles. The summed E-state index contributed by atoms with van der Waals surface area (Å²) in [4.78, 5) is 0. The number of para-hydroxylation sites is 2. The number of hydrogen-bond donors (Lipinski definition) is 0. The Bertz CT molecular complexity index is 2290. The quantitative estimate of drug-likeness (QED) is 0.180. The first kappa shape index (κ1) is 31.1.